The highest BCUT2D eigenvalue weighted by atomic mass is 19.1. The van der Waals surface area contributed by atoms with Gasteiger partial charge >= 0.3 is 0 Å². The molecule has 6 heteroatoms. The Balaban J connectivity index is 2.35. The van der Waals surface area contributed by atoms with Crippen LogP contribution >= 0.6 is 0 Å². The first kappa shape index (κ1) is 11.8. The van der Waals surface area contributed by atoms with Crippen LogP contribution in [-0.2, 0) is 0 Å². The van der Waals surface area contributed by atoms with Gasteiger partial charge in [-0.2, -0.15) is 0 Å². The van der Waals surface area contributed by atoms with Gasteiger partial charge < -0.3 is 15.7 Å². The number of nitrogens with two attached hydrogens (primary N) is 1. The number of ether oxygens (including phenoxy) is 1. The van der Waals surface area contributed by atoms with E-state index in [4.69, 9.17) is 15.7 Å². The molecular weight excluding hydrogens is 237 g/mol. The molecule has 3 N–H and O–H groups in total. The van der Waals surface area contributed by atoms with E-state index in [0.717, 1.165) is 0 Å². The standard InChI is InChI=1S/C12H10FN3O2/c13-8-3-1-4-9(7-8)18-10-5-2-6-15-11(10)12(14)16-17/h1-7,17H,(H2,14,16). The normalized spacial score (nSPS) is 11.3. The Labute approximate surface area is 102 Å². The maximum atomic E-state index is 13.0. The zero-order valence-electron chi connectivity index (χ0n) is 9.25. The third kappa shape index (κ3) is 2.54. The number of rotatable bonds is 3. The number of aromatic nitrogens is 1. The van der Waals surface area contributed by atoms with Crippen LogP contribution in [0.25, 0.3) is 0 Å². The van der Waals surface area contributed by atoms with Gasteiger partial charge in [0.2, 0.25) is 0 Å². The SMILES string of the molecule is N/C(=N/O)c1ncccc1Oc1cccc(F)c1. The third-order valence-electron chi connectivity index (χ3n) is 2.14. The third-order valence-corrected chi connectivity index (χ3v) is 2.14. The van der Waals surface area contributed by atoms with Gasteiger partial charge in [-0.05, 0) is 24.3 Å². The summed E-state index contributed by atoms with van der Waals surface area (Å²) >= 11 is 0. The van der Waals surface area contributed by atoms with Gasteiger partial charge in [0.1, 0.15) is 11.6 Å². The van der Waals surface area contributed by atoms with Crippen LogP contribution < -0.4 is 10.5 Å². The Hall–Kier alpha value is -2.63. The van der Waals surface area contributed by atoms with Gasteiger partial charge in [-0.3, -0.25) is 0 Å². The van der Waals surface area contributed by atoms with Crippen molar-refractivity contribution in [3.63, 3.8) is 0 Å². The number of hydrogen-bond donors (Lipinski definition) is 2. The maximum absolute atomic E-state index is 13.0. The Bertz CT molecular complexity index is 587. The molecule has 0 aliphatic carbocycles. The molecule has 0 bridgehead atoms. The molecule has 1 aromatic carbocycles. The van der Waals surface area contributed by atoms with Gasteiger partial charge in [0, 0.05) is 12.3 Å². The molecule has 2 aromatic rings. The van der Waals surface area contributed by atoms with E-state index in [0.29, 0.717) is 5.75 Å². The second-order valence-electron chi connectivity index (χ2n) is 3.39. The number of nitrogens with zero attached hydrogens (tertiary/aromatic N) is 2. The summed E-state index contributed by atoms with van der Waals surface area (Å²) in [6.45, 7) is 0. The zero-order valence-corrected chi connectivity index (χ0v) is 9.25. The van der Waals surface area contributed by atoms with E-state index in [1.165, 1.54) is 24.4 Å². The fraction of sp³-hybridized carbons (Fsp3) is 0. The van der Waals surface area contributed by atoms with Crippen molar-refractivity contribution in [1.29, 1.82) is 0 Å². The van der Waals surface area contributed by atoms with Gasteiger partial charge in [-0.25, -0.2) is 9.37 Å². The number of benzene rings is 1. The van der Waals surface area contributed by atoms with Crippen LogP contribution in [0, 0.1) is 5.82 Å². The number of hydrogen-bond acceptors (Lipinski definition) is 4. The number of amidine groups is 1. The minimum atomic E-state index is -0.415. The van der Waals surface area contributed by atoms with E-state index in [1.54, 1.807) is 18.2 Å². The van der Waals surface area contributed by atoms with Crippen LogP contribution in [-0.4, -0.2) is 16.0 Å². The molecule has 1 heterocycles. The van der Waals surface area contributed by atoms with Crippen molar-refractivity contribution < 1.29 is 14.3 Å². The minimum absolute atomic E-state index is 0.179. The predicted octanol–water partition coefficient (Wildman–Crippen LogP) is 2.11. The van der Waals surface area contributed by atoms with Crippen molar-refractivity contribution in [2.24, 2.45) is 10.9 Å². The van der Waals surface area contributed by atoms with E-state index in [1.807, 2.05) is 0 Å². The Morgan fingerprint density at radius 2 is 2.17 bits per heavy atom. The Kier molecular flexibility index (Phi) is 3.38. The van der Waals surface area contributed by atoms with Crippen molar-refractivity contribution in [1.82, 2.24) is 4.98 Å². The molecule has 0 atom stereocenters. The van der Waals surface area contributed by atoms with E-state index in [2.05, 4.69) is 10.1 Å². The Morgan fingerprint density at radius 3 is 2.89 bits per heavy atom. The number of oxime groups is 1. The lowest BCUT2D eigenvalue weighted by Crippen LogP contribution is -2.15. The summed E-state index contributed by atoms with van der Waals surface area (Å²) in [5.74, 6) is -0.0165. The van der Waals surface area contributed by atoms with Crippen LogP contribution in [0.2, 0.25) is 0 Å². The van der Waals surface area contributed by atoms with E-state index < -0.39 is 5.82 Å². The second-order valence-corrected chi connectivity index (χ2v) is 3.39. The first-order valence-corrected chi connectivity index (χ1v) is 5.07. The summed E-state index contributed by atoms with van der Waals surface area (Å²) < 4.78 is 18.4. The molecule has 0 aliphatic heterocycles. The molecule has 1 aromatic heterocycles. The molecule has 18 heavy (non-hydrogen) atoms. The lowest BCUT2D eigenvalue weighted by Gasteiger charge is -2.08. The summed E-state index contributed by atoms with van der Waals surface area (Å²) in [6.07, 6.45) is 1.48. The van der Waals surface area contributed by atoms with Gasteiger partial charge in [0.05, 0.1) is 0 Å². The number of pyridine rings is 1. The quantitative estimate of drug-likeness (QED) is 0.376. The molecule has 0 spiro atoms. The lowest BCUT2D eigenvalue weighted by atomic mass is 10.3. The molecule has 92 valence electrons. The van der Waals surface area contributed by atoms with Crippen LogP contribution in [0.4, 0.5) is 4.39 Å². The largest absolute Gasteiger partial charge is 0.455 e. The van der Waals surface area contributed by atoms with Gasteiger partial charge in [-0.15, -0.1) is 0 Å². The highest BCUT2D eigenvalue weighted by Gasteiger charge is 2.10. The smallest absolute Gasteiger partial charge is 0.192 e. The van der Waals surface area contributed by atoms with E-state index in [9.17, 15) is 4.39 Å². The van der Waals surface area contributed by atoms with E-state index >= 15 is 0 Å². The second kappa shape index (κ2) is 5.13. The zero-order chi connectivity index (χ0) is 13.0. The molecule has 0 saturated carbocycles. The molecule has 0 saturated heterocycles. The average Bonchev–Trinajstić information content (AvgIpc) is 2.38. The van der Waals surface area contributed by atoms with Gasteiger partial charge in [-0.1, -0.05) is 11.2 Å². The van der Waals surface area contributed by atoms with Crippen molar-refractivity contribution >= 4 is 5.84 Å². The van der Waals surface area contributed by atoms with Crippen LogP contribution in [0.3, 0.4) is 0 Å². The van der Waals surface area contributed by atoms with Crippen molar-refractivity contribution in [3.8, 4) is 11.5 Å². The predicted molar refractivity (Wildman–Crippen MR) is 63.2 cm³/mol. The lowest BCUT2D eigenvalue weighted by molar-refractivity contribution is 0.318. The highest BCUT2D eigenvalue weighted by molar-refractivity contribution is 5.97. The first-order valence-electron chi connectivity index (χ1n) is 5.07. The molecule has 0 aliphatic rings. The van der Waals surface area contributed by atoms with Gasteiger partial charge in [0.25, 0.3) is 0 Å². The molecule has 0 fully saturated rings. The summed E-state index contributed by atoms with van der Waals surface area (Å²) in [7, 11) is 0. The van der Waals surface area contributed by atoms with Crippen LogP contribution in [0.15, 0.2) is 47.8 Å². The van der Waals surface area contributed by atoms with Crippen LogP contribution in [0.1, 0.15) is 5.69 Å². The average molecular weight is 247 g/mol. The Morgan fingerprint density at radius 1 is 1.33 bits per heavy atom. The first-order chi connectivity index (χ1) is 8.70. The molecular formula is C12H10FN3O2. The summed E-state index contributed by atoms with van der Waals surface area (Å²) in [5.41, 5.74) is 5.65. The van der Waals surface area contributed by atoms with E-state index in [-0.39, 0.29) is 17.3 Å². The molecule has 5 nitrogen and oxygen atoms in total. The number of halogens is 1. The minimum Gasteiger partial charge on any atom is -0.455 e. The molecule has 0 unspecified atom stereocenters. The van der Waals surface area contributed by atoms with Crippen molar-refractivity contribution in [2.45, 2.75) is 0 Å². The fourth-order valence-electron chi connectivity index (χ4n) is 1.37. The topological polar surface area (TPSA) is 80.7 Å². The van der Waals surface area contributed by atoms with Gasteiger partial charge in [0.15, 0.2) is 17.3 Å². The molecule has 0 amide bonds. The molecule has 0 radical (unpaired) electrons. The van der Waals surface area contributed by atoms with Crippen molar-refractivity contribution in [3.05, 3.63) is 54.1 Å². The summed E-state index contributed by atoms with van der Waals surface area (Å²) in [6, 6.07) is 8.86. The summed E-state index contributed by atoms with van der Waals surface area (Å²) in [4.78, 5) is 3.93. The fourth-order valence-corrected chi connectivity index (χ4v) is 1.37. The monoisotopic (exact) mass is 247 g/mol. The summed E-state index contributed by atoms with van der Waals surface area (Å²) in [5, 5.41) is 11.5. The molecule has 2 rings (SSSR count). The highest BCUT2D eigenvalue weighted by Crippen LogP contribution is 2.24. The van der Waals surface area contributed by atoms with Crippen molar-refractivity contribution in [2.75, 3.05) is 0 Å². The van der Waals surface area contributed by atoms with Crippen LogP contribution in [0.5, 0.6) is 11.5 Å². The maximum Gasteiger partial charge on any atom is 0.192 e.